The number of ketones is 1. The Balaban J connectivity index is 1.37. The Morgan fingerprint density at radius 1 is 0.886 bits per heavy atom. The van der Waals surface area contributed by atoms with Gasteiger partial charge in [-0.15, -0.1) is 0 Å². The lowest BCUT2D eigenvalue weighted by Crippen LogP contribution is -2.35. The summed E-state index contributed by atoms with van der Waals surface area (Å²) < 4.78 is 11.5. The van der Waals surface area contributed by atoms with Crippen molar-refractivity contribution in [3.63, 3.8) is 0 Å². The van der Waals surface area contributed by atoms with Gasteiger partial charge in [0.1, 0.15) is 6.61 Å². The predicted molar refractivity (Wildman–Crippen MR) is 137 cm³/mol. The third kappa shape index (κ3) is 6.35. The van der Waals surface area contributed by atoms with Crippen LogP contribution in [0.2, 0.25) is 0 Å². The maximum atomic E-state index is 12.6. The van der Waals surface area contributed by atoms with E-state index in [0.717, 1.165) is 42.7 Å². The minimum Gasteiger partial charge on any atom is -0.493 e. The van der Waals surface area contributed by atoms with Crippen molar-refractivity contribution in [2.45, 2.75) is 32.8 Å². The zero-order chi connectivity index (χ0) is 24.6. The Hall–Kier alpha value is -3.93. The molecule has 4 rings (SSSR count). The molecule has 1 aliphatic rings. The van der Waals surface area contributed by atoms with Crippen molar-refractivity contribution >= 4 is 23.6 Å². The number of aliphatic imine (C=N–C) groups is 1. The number of carbonyl (C=O) groups excluding carboxylic acids is 2. The number of Topliss-reactive ketones (excluding diaryl/α,β-unsaturated/α-hetero) is 1. The Kier molecular flexibility index (Phi) is 7.93. The van der Waals surface area contributed by atoms with E-state index in [0.29, 0.717) is 29.2 Å². The van der Waals surface area contributed by atoms with E-state index in [2.05, 4.69) is 4.99 Å². The van der Waals surface area contributed by atoms with Gasteiger partial charge in [0.15, 0.2) is 17.3 Å². The van der Waals surface area contributed by atoms with Crippen molar-refractivity contribution in [1.82, 2.24) is 4.90 Å². The van der Waals surface area contributed by atoms with E-state index in [4.69, 9.17) is 9.47 Å². The summed E-state index contributed by atoms with van der Waals surface area (Å²) in [6.07, 6.45) is 5.11. The van der Waals surface area contributed by atoms with Gasteiger partial charge in [0.2, 0.25) is 0 Å². The Bertz CT molecular complexity index is 1190. The van der Waals surface area contributed by atoms with E-state index in [-0.39, 0.29) is 11.7 Å². The number of methoxy groups -OCH3 is 1. The largest absolute Gasteiger partial charge is 0.493 e. The van der Waals surface area contributed by atoms with Gasteiger partial charge in [-0.05, 0) is 91.9 Å². The average molecular weight is 471 g/mol. The summed E-state index contributed by atoms with van der Waals surface area (Å²) in [7, 11) is 1.60. The second kappa shape index (κ2) is 11.5. The first-order chi connectivity index (χ1) is 17.0. The molecule has 3 aromatic rings. The van der Waals surface area contributed by atoms with Crippen LogP contribution in [0.25, 0.3) is 0 Å². The maximum absolute atomic E-state index is 12.6. The van der Waals surface area contributed by atoms with Gasteiger partial charge in [-0.1, -0.05) is 12.1 Å². The summed E-state index contributed by atoms with van der Waals surface area (Å²) in [6.45, 7) is 3.60. The van der Waals surface area contributed by atoms with Gasteiger partial charge in [0.25, 0.3) is 5.91 Å². The van der Waals surface area contributed by atoms with Gasteiger partial charge < -0.3 is 14.4 Å². The van der Waals surface area contributed by atoms with Crippen LogP contribution >= 0.6 is 0 Å². The predicted octanol–water partition coefficient (Wildman–Crippen LogP) is 5.85. The van der Waals surface area contributed by atoms with Gasteiger partial charge in [0.05, 0.1) is 12.8 Å². The SMILES string of the molecule is COc1cc(C=Nc2ccc(C(C)=O)cc2)ccc1OCc1ccc(C(=O)N2CCCCC2)cc1. The molecule has 0 aliphatic carbocycles. The fraction of sp³-hybridized carbons (Fsp3) is 0.276. The number of hydrogen-bond donors (Lipinski definition) is 0. The maximum Gasteiger partial charge on any atom is 0.253 e. The van der Waals surface area contributed by atoms with Crippen molar-refractivity contribution in [2.24, 2.45) is 4.99 Å². The van der Waals surface area contributed by atoms with E-state index in [9.17, 15) is 9.59 Å². The molecule has 0 atom stereocenters. The van der Waals surface area contributed by atoms with E-state index in [1.165, 1.54) is 6.42 Å². The first-order valence-corrected chi connectivity index (χ1v) is 11.9. The summed E-state index contributed by atoms with van der Waals surface area (Å²) in [5.74, 6) is 1.37. The molecule has 180 valence electrons. The molecule has 0 bridgehead atoms. The topological polar surface area (TPSA) is 68.2 Å². The van der Waals surface area contributed by atoms with Gasteiger partial charge in [0, 0.05) is 30.4 Å². The van der Waals surface area contributed by atoms with Crippen LogP contribution < -0.4 is 9.47 Å². The third-order valence-corrected chi connectivity index (χ3v) is 6.06. The molecule has 0 radical (unpaired) electrons. The molecule has 0 N–H and O–H groups in total. The van der Waals surface area contributed by atoms with Gasteiger partial charge in [-0.2, -0.15) is 0 Å². The van der Waals surface area contributed by atoms with Crippen molar-refractivity contribution in [3.05, 3.63) is 89.0 Å². The second-order valence-electron chi connectivity index (χ2n) is 8.61. The number of likely N-dealkylation sites (tertiary alicyclic amines) is 1. The minimum atomic E-state index is 0.0303. The first kappa shape index (κ1) is 24.2. The van der Waals surface area contributed by atoms with Crippen molar-refractivity contribution in [1.29, 1.82) is 0 Å². The molecule has 6 nitrogen and oxygen atoms in total. The quantitative estimate of drug-likeness (QED) is 0.306. The zero-order valence-corrected chi connectivity index (χ0v) is 20.2. The van der Waals surface area contributed by atoms with Gasteiger partial charge >= 0.3 is 0 Å². The molecule has 3 aromatic carbocycles. The molecular weight excluding hydrogens is 440 g/mol. The smallest absolute Gasteiger partial charge is 0.253 e. The van der Waals surface area contributed by atoms with E-state index in [1.54, 1.807) is 32.4 Å². The number of nitrogens with zero attached hydrogens (tertiary/aromatic N) is 2. The molecule has 0 aromatic heterocycles. The molecule has 35 heavy (non-hydrogen) atoms. The molecule has 1 amide bonds. The Morgan fingerprint density at radius 2 is 1.57 bits per heavy atom. The number of piperidine rings is 1. The standard InChI is InChI=1S/C29H30N2O4/c1-21(32)24-11-13-26(14-12-24)30-19-23-8-15-27(28(18-23)34-2)35-20-22-6-9-25(10-7-22)29(33)31-16-4-3-5-17-31/h6-15,18-19H,3-5,16-17,20H2,1-2H3. The number of benzene rings is 3. The lowest BCUT2D eigenvalue weighted by molar-refractivity contribution is 0.0724. The van der Waals surface area contributed by atoms with E-state index < -0.39 is 0 Å². The molecule has 1 fully saturated rings. The van der Waals surface area contributed by atoms with Crippen LogP contribution in [0.15, 0.2) is 71.7 Å². The highest BCUT2D eigenvalue weighted by atomic mass is 16.5. The van der Waals surface area contributed by atoms with E-state index in [1.807, 2.05) is 59.5 Å². The van der Waals surface area contributed by atoms with Gasteiger partial charge in [-0.3, -0.25) is 14.6 Å². The Morgan fingerprint density at radius 3 is 2.23 bits per heavy atom. The zero-order valence-electron chi connectivity index (χ0n) is 20.2. The fourth-order valence-corrected chi connectivity index (χ4v) is 4.00. The van der Waals surface area contributed by atoms with Crippen molar-refractivity contribution in [3.8, 4) is 11.5 Å². The highest BCUT2D eigenvalue weighted by molar-refractivity contribution is 5.95. The monoisotopic (exact) mass is 470 g/mol. The number of ether oxygens (including phenoxy) is 2. The van der Waals surface area contributed by atoms with E-state index >= 15 is 0 Å². The van der Waals surface area contributed by atoms with Crippen LogP contribution in [0, 0.1) is 0 Å². The molecule has 6 heteroatoms. The highest BCUT2D eigenvalue weighted by Crippen LogP contribution is 2.29. The molecule has 0 saturated carbocycles. The van der Waals surface area contributed by atoms with Crippen LogP contribution in [0.1, 0.15) is 58.0 Å². The summed E-state index contributed by atoms with van der Waals surface area (Å²) >= 11 is 0. The molecule has 0 spiro atoms. The summed E-state index contributed by atoms with van der Waals surface area (Å²) in [4.78, 5) is 30.5. The first-order valence-electron chi connectivity index (χ1n) is 11.9. The fourth-order valence-electron chi connectivity index (χ4n) is 4.00. The Labute approximate surface area is 206 Å². The van der Waals surface area contributed by atoms with Crippen molar-refractivity contribution in [2.75, 3.05) is 20.2 Å². The summed E-state index contributed by atoms with van der Waals surface area (Å²) in [5.41, 5.74) is 3.98. The van der Waals surface area contributed by atoms with Crippen molar-refractivity contribution < 1.29 is 19.1 Å². The second-order valence-corrected chi connectivity index (χ2v) is 8.61. The van der Waals surface area contributed by atoms with Crippen LogP contribution in [-0.4, -0.2) is 43.0 Å². The van der Waals surface area contributed by atoms with Gasteiger partial charge in [-0.25, -0.2) is 0 Å². The summed E-state index contributed by atoms with van der Waals surface area (Å²) in [6, 6.07) is 20.4. The lowest BCUT2D eigenvalue weighted by atomic mass is 10.1. The number of carbonyl (C=O) groups is 2. The molecule has 1 saturated heterocycles. The molecular formula is C29H30N2O4. The highest BCUT2D eigenvalue weighted by Gasteiger charge is 2.18. The molecule has 1 aliphatic heterocycles. The number of amides is 1. The van der Waals surface area contributed by atoms with Crippen LogP contribution in [-0.2, 0) is 6.61 Å². The normalized spacial score (nSPS) is 13.6. The van der Waals surface area contributed by atoms with Crippen LogP contribution in [0.3, 0.4) is 0 Å². The molecule has 0 unspecified atom stereocenters. The number of hydrogen-bond acceptors (Lipinski definition) is 5. The number of rotatable bonds is 8. The van der Waals surface area contributed by atoms with Crippen LogP contribution in [0.5, 0.6) is 11.5 Å². The minimum absolute atomic E-state index is 0.0303. The third-order valence-electron chi connectivity index (χ3n) is 6.06. The molecule has 1 heterocycles. The average Bonchev–Trinajstić information content (AvgIpc) is 2.91. The van der Waals surface area contributed by atoms with Crippen LogP contribution in [0.4, 0.5) is 5.69 Å². The lowest BCUT2D eigenvalue weighted by Gasteiger charge is -2.26. The summed E-state index contributed by atoms with van der Waals surface area (Å²) in [5, 5.41) is 0.